The van der Waals surface area contributed by atoms with Gasteiger partial charge in [-0.3, -0.25) is 9.59 Å². The van der Waals surface area contributed by atoms with Crippen molar-refractivity contribution in [2.45, 2.75) is 64.0 Å². The summed E-state index contributed by atoms with van der Waals surface area (Å²) in [6, 6.07) is 16.3. The van der Waals surface area contributed by atoms with E-state index in [1.165, 1.54) is 27.2 Å². The Labute approximate surface area is 206 Å². The van der Waals surface area contributed by atoms with Crippen molar-refractivity contribution < 1.29 is 24.2 Å². The first-order valence-corrected chi connectivity index (χ1v) is 12.5. The quantitative estimate of drug-likeness (QED) is 0.540. The number of carboxylic acids is 1. The molecule has 4 rings (SSSR count). The number of carbonyl (C=O) groups is 3. The van der Waals surface area contributed by atoms with Crippen LogP contribution in [-0.4, -0.2) is 53.2 Å². The molecule has 3 atom stereocenters. The molecule has 1 fully saturated rings. The van der Waals surface area contributed by atoms with Gasteiger partial charge in [0, 0.05) is 24.4 Å². The second kappa shape index (κ2) is 10.9. The lowest BCUT2D eigenvalue weighted by Gasteiger charge is -2.28. The number of amides is 2. The molecule has 0 bridgehead atoms. The van der Waals surface area contributed by atoms with Gasteiger partial charge in [0.25, 0.3) is 0 Å². The molecule has 0 aliphatic heterocycles. The molecular formula is C28H34N2O5. The van der Waals surface area contributed by atoms with E-state index in [0.717, 1.165) is 12.8 Å². The van der Waals surface area contributed by atoms with E-state index in [-0.39, 0.29) is 43.0 Å². The van der Waals surface area contributed by atoms with Crippen molar-refractivity contribution in [2.75, 3.05) is 13.2 Å². The van der Waals surface area contributed by atoms with Crippen LogP contribution in [0.3, 0.4) is 0 Å². The van der Waals surface area contributed by atoms with Crippen LogP contribution in [0.25, 0.3) is 11.1 Å². The van der Waals surface area contributed by atoms with Gasteiger partial charge in [-0.25, -0.2) is 4.79 Å². The number of nitrogens with one attached hydrogen (secondary N) is 1. The predicted octanol–water partition coefficient (Wildman–Crippen LogP) is 4.80. The molecule has 2 aromatic carbocycles. The number of carboxylic acid groups (broad SMARTS) is 1. The van der Waals surface area contributed by atoms with Crippen molar-refractivity contribution >= 4 is 18.0 Å². The minimum Gasteiger partial charge on any atom is -0.480 e. The zero-order valence-corrected chi connectivity index (χ0v) is 20.4. The Morgan fingerprint density at radius 3 is 2.29 bits per heavy atom. The van der Waals surface area contributed by atoms with Gasteiger partial charge < -0.3 is 20.1 Å². The van der Waals surface area contributed by atoms with Crippen molar-refractivity contribution in [3.63, 3.8) is 0 Å². The molecule has 1 saturated carbocycles. The average molecular weight is 479 g/mol. The summed E-state index contributed by atoms with van der Waals surface area (Å²) in [7, 11) is 0. The summed E-state index contributed by atoms with van der Waals surface area (Å²) in [6.07, 6.45) is 2.87. The van der Waals surface area contributed by atoms with Crippen LogP contribution in [-0.2, 0) is 14.3 Å². The van der Waals surface area contributed by atoms with E-state index < -0.39 is 12.1 Å². The van der Waals surface area contributed by atoms with Crippen LogP contribution < -0.4 is 5.32 Å². The van der Waals surface area contributed by atoms with Crippen LogP contribution in [0.4, 0.5) is 4.79 Å². The summed E-state index contributed by atoms with van der Waals surface area (Å²) in [5.74, 6) is -0.988. The van der Waals surface area contributed by atoms with E-state index in [2.05, 4.69) is 29.6 Å². The zero-order chi connectivity index (χ0) is 24.9. The Morgan fingerprint density at radius 2 is 1.69 bits per heavy atom. The number of ether oxygens (including phenoxy) is 1. The third-order valence-electron chi connectivity index (χ3n) is 7.42. The molecule has 2 amide bonds. The van der Waals surface area contributed by atoms with Gasteiger partial charge in [-0.1, -0.05) is 55.5 Å². The SMILES string of the molecule is CCC(C)N(CC(=O)O)C(=O)C[C@H]1CC[C@@H](NC(=O)OCC2c3ccccc3-c3ccccc32)C1. The molecular weight excluding hydrogens is 444 g/mol. The van der Waals surface area contributed by atoms with Gasteiger partial charge in [0.05, 0.1) is 0 Å². The van der Waals surface area contributed by atoms with Crippen LogP contribution in [0.2, 0.25) is 0 Å². The first-order chi connectivity index (χ1) is 16.9. The third kappa shape index (κ3) is 5.66. The molecule has 2 aliphatic rings. The van der Waals surface area contributed by atoms with Gasteiger partial charge in [0.15, 0.2) is 0 Å². The van der Waals surface area contributed by atoms with Gasteiger partial charge >= 0.3 is 12.1 Å². The van der Waals surface area contributed by atoms with E-state index in [1.54, 1.807) is 0 Å². The van der Waals surface area contributed by atoms with Crippen LogP contribution >= 0.6 is 0 Å². The number of benzene rings is 2. The number of hydrogen-bond acceptors (Lipinski definition) is 4. The van der Waals surface area contributed by atoms with Gasteiger partial charge in [0.2, 0.25) is 5.91 Å². The Hall–Kier alpha value is -3.35. The molecule has 0 saturated heterocycles. The number of alkyl carbamates (subject to hydrolysis) is 1. The lowest BCUT2D eigenvalue weighted by atomic mass is 9.98. The van der Waals surface area contributed by atoms with Gasteiger partial charge in [0.1, 0.15) is 13.2 Å². The van der Waals surface area contributed by atoms with E-state index in [1.807, 2.05) is 38.1 Å². The van der Waals surface area contributed by atoms with E-state index in [0.29, 0.717) is 19.3 Å². The lowest BCUT2D eigenvalue weighted by Crippen LogP contribution is -2.42. The van der Waals surface area contributed by atoms with E-state index in [9.17, 15) is 14.4 Å². The van der Waals surface area contributed by atoms with Gasteiger partial charge in [-0.15, -0.1) is 0 Å². The standard InChI is InChI=1S/C28H34N2O5/c1-3-18(2)30(16-27(32)33)26(31)15-19-12-13-20(14-19)29-28(34)35-17-25-23-10-6-4-8-21(23)22-9-5-7-11-24(22)25/h4-11,18-20,25H,3,12-17H2,1-2H3,(H,29,34)(H,32,33)/t18?,19-,20+/m0/s1. The van der Waals surface area contributed by atoms with Crippen LogP contribution in [0.5, 0.6) is 0 Å². The van der Waals surface area contributed by atoms with Gasteiger partial charge in [-0.05, 0) is 60.8 Å². The molecule has 2 aliphatic carbocycles. The van der Waals surface area contributed by atoms with Crippen molar-refractivity contribution in [1.82, 2.24) is 10.2 Å². The highest BCUT2D eigenvalue weighted by Crippen LogP contribution is 2.44. The maximum atomic E-state index is 12.8. The fraction of sp³-hybridized carbons (Fsp3) is 0.464. The molecule has 7 nitrogen and oxygen atoms in total. The average Bonchev–Trinajstić information content (AvgIpc) is 3.42. The normalized spacial score (nSPS) is 19.5. The fourth-order valence-corrected chi connectivity index (χ4v) is 5.42. The maximum absolute atomic E-state index is 12.8. The minimum absolute atomic E-state index is 0.0165. The Kier molecular flexibility index (Phi) is 7.73. The summed E-state index contributed by atoms with van der Waals surface area (Å²) in [5.41, 5.74) is 4.73. The zero-order valence-electron chi connectivity index (χ0n) is 20.4. The Morgan fingerprint density at radius 1 is 1.06 bits per heavy atom. The number of hydrogen-bond donors (Lipinski definition) is 2. The highest BCUT2D eigenvalue weighted by atomic mass is 16.5. The molecule has 186 valence electrons. The van der Waals surface area contributed by atoms with E-state index >= 15 is 0 Å². The molecule has 0 aromatic heterocycles. The molecule has 1 unspecified atom stereocenters. The van der Waals surface area contributed by atoms with Crippen molar-refractivity contribution in [2.24, 2.45) is 5.92 Å². The van der Waals surface area contributed by atoms with Crippen LogP contribution in [0, 0.1) is 5.92 Å². The molecule has 35 heavy (non-hydrogen) atoms. The molecule has 0 radical (unpaired) electrons. The number of nitrogens with zero attached hydrogens (tertiary/aromatic N) is 1. The summed E-state index contributed by atoms with van der Waals surface area (Å²) in [6.45, 7) is 3.81. The number of aliphatic carboxylic acids is 1. The van der Waals surface area contributed by atoms with Crippen molar-refractivity contribution in [3.05, 3.63) is 59.7 Å². The fourth-order valence-electron chi connectivity index (χ4n) is 5.42. The molecule has 2 N–H and O–H groups in total. The van der Waals surface area contributed by atoms with Gasteiger partial charge in [-0.2, -0.15) is 0 Å². The second-order valence-electron chi connectivity index (χ2n) is 9.72. The van der Waals surface area contributed by atoms with Crippen molar-refractivity contribution in [1.29, 1.82) is 0 Å². The third-order valence-corrected chi connectivity index (χ3v) is 7.42. The highest BCUT2D eigenvalue weighted by Gasteiger charge is 2.32. The monoisotopic (exact) mass is 478 g/mol. The second-order valence-corrected chi connectivity index (χ2v) is 9.72. The maximum Gasteiger partial charge on any atom is 0.407 e. The molecule has 0 spiro atoms. The topological polar surface area (TPSA) is 95.9 Å². The predicted molar refractivity (Wildman–Crippen MR) is 133 cm³/mol. The molecule has 7 heteroatoms. The van der Waals surface area contributed by atoms with Crippen LogP contribution in [0.15, 0.2) is 48.5 Å². The smallest absolute Gasteiger partial charge is 0.407 e. The summed E-state index contributed by atoms with van der Waals surface area (Å²) >= 11 is 0. The summed E-state index contributed by atoms with van der Waals surface area (Å²) in [5, 5.41) is 12.1. The lowest BCUT2D eigenvalue weighted by molar-refractivity contribution is -0.146. The first kappa shape index (κ1) is 24.8. The molecule has 0 heterocycles. The van der Waals surface area contributed by atoms with Crippen LogP contribution in [0.1, 0.15) is 63.0 Å². The largest absolute Gasteiger partial charge is 0.480 e. The summed E-state index contributed by atoms with van der Waals surface area (Å²) < 4.78 is 5.66. The first-order valence-electron chi connectivity index (χ1n) is 12.5. The highest BCUT2D eigenvalue weighted by molar-refractivity contribution is 5.82. The summed E-state index contributed by atoms with van der Waals surface area (Å²) in [4.78, 5) is 38.0. The number of rotatable bonds is 9. The Balaban J connectivity index is 1.28. The minimum atomic E-state index is -1.00. The van der Waals surface area contributed by atoms with Crippen molar-refractivity contribution in [3.8, 4) is 11.1 Å². The van der Waals surface area contributed by atoms with E-state index in [4.69, 9.17) is 9.84 Å². The number of fused-ring (bicyclic) bond motifs is 3. The molecule has 2 aromatic rings. The Bertz CT molecular complexity index is 1040. The number of carbonyl (C=O) groups excluding carboxylic acids is 2.